The number of para-hydroxylation sites is 1. The Bertz CT molecular complexity index is 1430. The van der Waals surface area contributed by atoms with E-state index in [1.165, 1.54) is 0 Å². The van der Waals surface area contributed by atoms with Gasteiger partial charge in [0, 0.05) is 37.1 Å². The van der Waals surface area contributed by atoms with E-state index < -0.39 is 5.63 Å². The van der Waals surface area contributed by atoms with Crippen molar-refractivity contribution >= 4 is 34.3 Å². The Hall–Kier alpha value is -3.91. The van der Waals surface area contributed by atoms with Gasteiger partial charge >= 0.3 is 5.63 Å². The molecular weight excluding hydrogens is 468 g/mol. The third-order valence-corrected chi connectivity index (χ3v) is 6.27. The number of amides is 1. The molecule has 1 fully saturated rings. The number of hydrogen-bond donors (Lipinski definition) is 0. The van der Waals surface area contributed by atoms with E-state index in [-0.39, 0.29) is 11.5 Å². The first-order chi connectivity index (χ1) is 17.0. The molecule has 0 spiro atoms. The van der Waals surface area contributed by atoms with Crippen molar-refractivity contribution in [3.8, 4) is 17.0 Å². The minimum atomic E-state index is -0.668. The maximum absolute atomic E-state index is 13.1. The summed E-state index contributed by atoms with van der Waals surface area (Å²) in [5.41, 5.74) is 1.22. The van der Waals surface area contributed by atoms with Crippen LogP contribution in [0.5, 0.6) is 5.75 Å². The second kappa shape index (κ2) is 9.76. The predicted molar refractivity (Wildman–Crippen MR) is 134 cm³/mol. The number of rotatable bonds is 5. The lowest BCUT2D eigenvalue weighted by molar-refractivity contribution is 0.0742. The summed E-state index contributed by atoms with van der Waals surface area (Å²) in [5, 5.41) is 9.95. The summed E-state index contributed by atoms with van der Waals surface area (Å²) in [6.07, 6.45) is 0. The SMILES string of the molecule is CCOc1cccc2cc(C(=O)N3CCN(c4ccc(-c5ccccc5Cl)nn4)CC3)c(=O)oc12. The van der Waals surface area contributed by atoms with Crippen molar-refractivity contribution in [1.82, 2.24) is 15.1 Å². The number of piperazine rings is 1. The van der Waals surface area contributed by atoms with E-state index in [1.807, 2.05) is 43.3 Å². The van der Waals surface area contributed by atoms with Gasteiger partial charge in [0.25, 0.3) is 5.91 Å². The first kappa shape index (κ1) is 22.9. The largest absolute Gasteiger partial charge is 0.490 e. The van der Waals surface area contributed by atoms with Gasteiger partial charge in [-0.15, -0.1) is 10.2 Å². The highest BCUT2D eigenvalue weighted by atomic mass is 35.5. The van der Waals surface area contributed by atoms with Gasteiger partial charge in [-0.1, -0.05) is 41.9 Å². The first-order valence-corrected chi connectivity index (χ1v) is 11.8. The number of carbonyl (C=O) groups is 1. The number of hydrogen-bond acceptors (Lipinski definition) is 7. The molecule has 0 aliphatic carbocycles. The first-order valence-electron chi connectivity index (χ1n) is 11.4. The molecule has 3 heterocycles. The number of halogens is 1. The van der Waals surface area contributed by atoms with Crippen LogP contribution in [0.25, 0.3) is 22.2 Å². The fraction of sp³-hybridized carbons (Fsp3) is 0.231. The Kier molecular flexibility index (Phi) is 6.37. The summed E-state index contributed by atoms with van der Waals surface area (Å²) in [7, 11) is 0. The molecule has 4 aromatic rings. The highest BCUT2D eigenvalue weighted by molar-refractivity contribution is 6.33. The summed E-state index contributed by atoms with van der Waals surface area (Å²) in [6, 6.07) is 18.2. The van der Waals surface area contributed by atoms with E-state index in [2.05, 4.69) is 15.1 Å². The van der Waals surface area contributed by atoms with E-state index in [0.717, 1.165) is 11.4 Å². The molecule has 0 N–H and O–H groups in total. The van der Waals surface area contributed by atoms with Crippen LogP contribution in [0.3, 0.4) is 0 Å². The molecule has 1 amide bonds. The minimum Gasteiger partial charge on any atom is -0.490 e. The van der Waals surface area contributed by atoms with Crippen LogP contribution in [-0.4, -0.2) is 53.8 Å². The lowest BCUT2D eigenvalue weighted by atomic mass is 10.1. The molecule has 1 aliphatic rings. The molecule has 0 atom stereocenters. The summed E-state index contributed by atoms with van der Waals surface area (Å²) >= 11 is 6.26. The van der Waals surface area contributed by atoms with Crippen LogP contribution in [-0.2, 0) is 0 Å². The number of nitrogens with zero attached hydrogens (tertiary/aromatic N) is 4. The summed E-state index contributed by atoms with van der Waals surface area (Å²) in [5.74, 6) is 0.861. The molecule has 2 aromatic carbocycles. The van der Waals surface area contributed by atoms with Gasteiger partial charge in [-0.2, -0.15) is 0 Å². The lowest BCUT2D eigenvalue weighted by Gasteiger charge is -2.35. The van der Waals surface area contributed by atoms with Crippen LogP contribution in [0.2, 0.25) is 5.02 Å². The molecular formula is C26H23ClN4O4. The van der Waals surface area contributed by atoms with Crippen molar-refractivity contribution in [1.29, 1.82) is 0 Å². The second-order valence-electron chi connectivity index (χ2n) is 8.09. The summed E-state index contributed by atoms with van der Waals surface area (Å²) < 4.78 is 11.0. The van der Waals surface area contributed by atoms with Crippen molar-refractivity contribution in [2.75, 3.05) is 37.7 Å². The van der Waals surface area contributed by atoms with Crippen molar-refractivity contribution in [2.24, 2.45) is 0 Å². The molecule has 0 saturated carbocycles. The zero-order valence-electron chi connectivity index (χ0n) is 19.1. The van der Waals surface area contributed by atoms with E-state index >= 15 is 0 Å². The Morgan fingerprint density at radius 3 is 2.54 bits per heavy atom. The zero-order chi connectivity index (χ0) is 24.4. The van der Waals surface area contributed by atoms with Gasteiger partial charge < -0.3 is 19.0 Å². The Morgan fingerprint density at radius 2 is 1.83 bits per heavy atom. The van der Waals surface area contributed by atoms with Crippen LogP contribution in [0.15, 0.2) is 69.9 Å². The molecule has 0 radical (unpaired) electrons. The highest BCUT2D eigenvalue weighted by Gasteiger charge is 2.26. The molecule has 178 valence electrons. The third-order valence-electron chi connectivity index (χ3n) is 5.95. The second-order valence-corrected chi connectivity index (χ2v) is 8.50. The maximum Gasteiger partial charge on any atom is 0.349 e. The Morgan fingerprint density at radius 1 is 1.03 bits per heavy atom. The average Bonchev–Trinajstić information content (AvgIpc) is 2.89. The maximum atomic E-state index is 13.1. The van der Waals surface area contributed by atoms with Crippen LogP contribution < -0.4 is 15.3 Å². The van der Waals surface area contributed by atoms with E-state index in [1.54, 1.807) is 29.2 Å². The fourth-order valence-corrected chi connectivity index (χ4v) is 4.38. The standard InChI is InChI=1S/C26H23ClN4O4/c1-2-34-22-9-5-6-17-16-19(26(33)35-24(17)22)25(32)31-14-12-30(13-15-31)23-11-10-21(28-29-23)18-7-3-4-8-20(18)27/h3-11,16H,2,12-15H2,1H3. The van der Waals surface area contributed by atoms with Gasteiger partial charge in [-0.3, -0.25) is 4.79 Å². The van der Waals surface area contributed by atoms with Gasteiger partial charge in [-0.25, -0.2) is 4.79 Å². The van der Waals surface area contributed by atoms with Crippen LogP contribution in [0.4, 0.5) is 5.82 Å². The normalized spacial score (nSPS) is 13.8. The van der Waals surface area contributed by atoms with Gasteiger partial charge in [0.2, 0.25) is 0 Å². The molecule has 1 saturated heterocycles. The topological polar surface area (TPSA) is 88.8 Å². The molecule has 35 heavy (non-hydrogen) atoms. The number of aromatic nitrogens is 2. The van der Waals surface area contributed by atoms with Crippen molar-refractivity contribution < 1.29 is 13.9 Å². The van der Waals surface area contributed by atoms with Crippen molar-refractivity contribution in [2.45, 2.75) is 6.92 Å². The number of fused-ring (bicyclic) bond motifs is 1. The quantitative estimate of drug-likeness (QED) is 0.386. The van der Waals surface area contributed by atoms with E-state index in [0.29, 0.717) is 60.2 Å². The minimum absolute atomic E-state index is 0.0171. The smallest absolute Gasteiger partial charge is 0.349 e. The molecule has 9 heteroatoms. The molecule has 5 rings (SSSR count). The molecule has 8 nitrogen and oxygen atoms in total. The van der Waals surface area contributed by atoms with Gasteiger partial charge in [-0.05, 0) is 37.3 Å². The van der Waals surface area contributed by atoms with Crippen LogP contribution >= 0.6 is 11.6 Å². The summed E-state index contributed by atoms with van der Waals surface area (Å²) in [4.78, 5) is 29.5. The average molecular weight is 491 g/mol. The Balaban J connectivity index is 1.29. The Labute approximate surface area is 206 Å². The molecule has 2 aromatic heterocycles. The van der Waals surface area contributed by atoms with E-state index in [9.17, 15) is 9.59 Å². The number of benzene rings is 2. The zero-order valence-corrected chi connectivity index (χ0v) is 19.9. The molecule has 1 aliphatic heterocycles. The van der Waals surface area contributed by atoms with Crippen LogP contribution in [0.1, 0.15) is 17.3 Å². The number of carbonyl (C=O) groups excluding carboxylic acids is 1. The fourth-order valence-electron chi connectivity index (χ4n) is 4.15. The summed E-state index contributed by atoms with van der Waals surface area (Å²) in [6.45, 7) is 4.33. The van der Waals surface area contributed by atoms with E-state index in [4.69, 9.17) is 20.8 Å². The molecule has 0 bridgehead atoms. The monoisotopic (exact) mass is 490 g/mol. The van der Waals surface area contributed by atoms with Gasteiger partial charge in [0.1, 0.15) is 5.56 Å². The van der Waals surface area contributed by atoms with Crippen molar-refractivity contribution in [3.63, 3.8) is 0 Å². The number of anilines is 1. The predicted octanol–water partition coefficient (Wildman–Crippen LogP) is 4.26. The lowest BCUT2D eigenvalue weighted by Crippen LogP contribution is -2.49. The molecule has 0 unspecified atom stereocenters. The van der Waals surface area contributed by atoms with Crippen LogP contribution in [0, 0.1) is 0 Å². The third kappa shape index (κ3) is 4.57. The van der Waals surface area contributed by atoms with Gasteiger partial charge in [0.05, 0.1) is 17.3 Å². The van der Waals surface area contributed by atoms with Gasteiger partial charge in [0.15, 0.2) is 17.2 Å². The number of ether oxygens (including phenoxy) is 1. The van der Waals surface area contributed by atoms with Crippen molar-refractivity contribution in [3.05, 3.63) is 81.7 Å². The highest BCUT2D eigenvalue weighted by Crippen LogP contribution is 2.27.